The standard InChI is InChI=1S/C11H15NO2/c1-14-11-9(3-2-6-12-11)10(13)7-8-4-5-8/h2-3,6,8,10,13H,4-5,7H2,1H3. The van der Waals surface area contributed by atoms with Gasteiger partial charge in [-0.15, -0.1) is 0 Å². The fourth-order valence-electron chi connectivity index (χ4n) is 1.62. The van der Waals surface area contributed by atoms with Crippen LogP contribution in [0.25, 0.3) is 0 Å². The molecule has 3 nitrogen and oxygen atoms in total. The molecular weight excluding hydrogens is 178 g/mol. The first-order valence-electron chi connectivity index (χ1n) is 4.98. The van der Waals surface area contributed by atoms with Gasteiger partial charge in [0.25, 0.3) is 0 Å². The third kappa shape index (κ3) is 2.04. The Morgan fingerprint density at radius 2 is 2.43 bits per heavy atom. The van der Waals surface area contributed by atoms with E-state index in [0.717, 1.165) is 12.0 Å². The Bertz CT molecular complexity index is 310. The van der Waals surface area contributed by atoms with E-state index < -0.39 is 6.10 Å². The highest BCUT2D eigenvalue weighted by atomic mass is 16.5. The second-order valence-electron chi connectivity index (χ2n) is 3.80. The van der Waals surface area contributed by atoms with E-state index in [2.05, 4.69) is 4.98 Å². The Hall–Kier alpha value is -1.09. The largest absolute Gasteiger partial charge is 0.481 e. The summed E-state index contributed by atoms with van der Waals surface area (Å²) in [4.78, 5) is 4.06. The van der Waals surface area contributed by atoms with Crippen LogP contribution >= 0.6 is 0 Å². The Morgan fingerprint density at radius 1 is 1.64 bits per heavy atom. The SMILES string of the molecule is COc1ncccc1C(O)CC1CC1. The maximum absolute atomic E-state index is 9.92. The number of aromatic nitrogens is 1. The summed E-state index contributed by atoms with van der Waals surface area (Å²) in [5, 5.41) is 9.92. The molecule has 0 amide bonds. The molecule has 1 atom stereocenters. The molecule has 0 aromatic carbocycles. The van der Waals surface area contributed by atoms with Crippen LogP contribution in [-0.4, -0.2) is 17.2 Å². The molecule has 0 radical (unpaired) electrons. The summed E-state index contributed by atoms with van der Waals surface area (Å²) in [6, 6.07) is 3.70. The second kappa shape index (κ2) is 3.96. The minimum Gasteiger partial charge on any atom is -0.481 e. The van der Waals surface area contributed by atoms with Gasteiger partial charge in [-0.05, 0) is 24.5 Å². The lowest BCUT2D eigenvalue weighted by molar-refractivity contribution is 0.155. The summed E-state index contributed by atoms with van der Waals surface area (Å²) in [6.07, 6.45) is 4.58. The van der Waals surface area contributed by atoms with Crippen molar-refractivity contribution in [3.8, 4) is 5.88 Å². The van der Waals surface area contributed by atoms with Crippen molar-refractivity contribution in [2.45, 2.75) is 25.4 Å². The van der Waals surface area contributed by atoms with Crippen molar-refractivity contribution in [2.75, 3.05) is 7.11 Å². The van der Waals surface area contributed by atoms with Gasteiger partial charge >= 0.3 is 0 Å². The van der Waals surface area contributed by atoms with Crippen LogP contribution < -0.4 is 4.74 Å². The number of nitrogens with zero attached hydrogens (tertiary/aromatic N) is 1. The van der Waals surface area contributed by atoms with Crippen LogP contribution in [0.15, 0.2) is 18.3 Å². The van der Waals surface area contributed by atoms with Crippen LogP contribution in [0.5, 0.6) is 5.88 Å². The molecule has 1 aromatic rings. The van der Waals surface area contributed by atoms with Crippen molar-refractivity contribution in [1.29, 1.82) is 0 Å². The summed E-state index contributed by atoms with van der Waals surface area (Å²) < 4.78 is 5.10. The third-order valence-electron chi connectivity index (χ3n) is 2.61. The van der Waals surface area contributed by atoms with Gasteiger partial charge in [0.15, 0.2) is 0 Å². The van der Waals surface area contributed by atoms with Crippen molar-refractivity contribution in [3.63, 3.8) is 0 Å². The maximum Gasteiger partial charge on any atom is 0.218 e. The maximum atomic E-state index is 9.92. The molecule has 3 heteroatoms. The van der Waals surface area contributed by atoms with E-state index in [4.69, 9.17) is 4.74 Å². The van der Waals surface area contributed by atoms with Crippen molar-refractivity contribution >= 4 is 0 Å². The second-order valence-corrected chi connectivity index (χ2v) is 3.80. The van der Waals surface area contributed by atoms with Gasteiger partial charge in [-0.3, -0.25) is 0 Å². The number of methoxy groups -OCH3 is 1. The van der Waals surface area contributed by atoms with E-state index in [9.17, 15) is 5.11 Å². The van der Waals surface area contributed by atoms with Gasteiger partial charge in [-0.2, -0.15) is 0 Å². The molecule has 2 rings (SSSR count). The first kappa shape index (κ1) is 9.46. The molecule has 0 aliphatic heterocycles. The van der Waals surface area contributed by atoms with Crippen molar-refractivity contribution < 1.29 is 9.84 Å². The molecule has 0 saturated heterocycles. The van der Waals surface area contributed by atoms with Crippen LogP contribution in [0.1, 0.15) is 30.9 Å². The molecular formula is C11H15NO2. The van der Waals surface area contributed by atoms with E-state index in [-0.39, 0.29) is 0 Å². The van der Waals surface area contributed by atoms with E-state index in [1.807, 2.05) is 12.1 Å². The van der Waals surface area contributed by atoms with E-state index >= 15 is 0 Å². The zero-order valence-corrected chi connectivity index (χ0v) is 8.31. The first-order chi connectivity index (χ1) is 6.81. The molecule has 1 heterocycles. The Morgan fingerprint density at radius 3 is 3.07 bits per heavy atom. The van der Waals surface area contributed by atoms with Gasteiger partial charge in [0, 0.05) is 11.8 Å². The van der Waals surface area contributed by atoms with Gasteiger partial charge in [0.2, 0.25) is 5.88 Å². The molecule has 1 aliphatic carbocycles. The average molecular weight is 193 g/mol. The van der Waals surface area contributed by atoms with Gasteiger partial charge in [0.1, 0.15) is 0 Å². The lowest BCUT2D eigenvalue weighted by atomic mass is 10.1. The molecule has 1 aromatic heterocycles. The third-order valence-corrected chi connectivity index (χ3v) is 2.61. The summed E-state index contributed by atoms with van der Waals surface area (Å²) in [6.45, 7) is 0. The van der Waals surface area contributed by atoms with Gasteiger partial charge in [-0.25, -0.2) is 4.98 Å². The van der Waals surface area contributed by atoms with E-state index in [1.165, 1.54) is 12.8 Å². The zero-order chi connectivity index (χ0) is 9.97. The Kier molecular flexibility index (Phi) is 2.68. The normalized spacial score (nSPS) is 17.9. The minimum absolute atomic E-state index is 0.425. The predicted molar refractivity (Wildman–Crippen MR) is 53.1 cm³/mol. The van der Waals surface area contributed by atoms with Crippen molar-refractivity contribution in [2.24, 2.45) is 5.92 Å². The van der Waals surface area contributed by atoms with E-state index in [1.54, 1.807) is 13.3 Å². The van der Waals surface area contributed by atoms with Crippen molar-refractivity contribution in [3.05, 3.63) is 23.9 Å². The van der Waals surface area contributed by atoms with Gasteiger partial charge < -0.3 is 9.84 Å². The first-order valence-corrected chi connectivity index (χ1v) is 4.98. The number of hydrogen-bond donors (Lipinski definition) is 1. The van der Waals surface area contributed by atoms with Crippen LogP contribution in [0.4, 0.5) is 0 Å². The number of rotatable bonds is 4. The fraction of sp³-hybridized carbons (Fsp3) is 0.545. The highest BCUT2D eigenvalue weighted by Gasteiger charge is 2.26. The summed E-state index contributed by atoms with van der Waals surface area (Å²) in [5.74, 6) is 1.25. The lowest BCUT2D eigenvalue weighted by Gasteiger charge is -2.12. The molecule has 1 saturated carbocycles. The van der Waals surface area contributed by atoms with Crippen LogP contribution in [-0.2, 0) is 0 Å². The molecule has 1 aliphatic rings. The number of aliphatic hydroxyl groups is 1. The quantitative estimate of drug-likeness (QED) is 0.794. The van der Waals surface area contributed by atoms with Crippen LogP contribution in [0.2, 0.25) is 0 Å². The lowest BCUT2D eigenvalue weighted by Crippen LogP contribution is -2.02. The average Bonchev–Trinajstić information content (AvgIpc) is 3.01. The number of aliphatic hydroxyl groups excluding tert-OH is 1. The van der Waals surface area contributed by atoms with Crippen LogP contribution in [0.3, 0.4) is 0 Å². The number of hydrogen-bond acceptors (Lipinski definition) is 3. The van der Waals surface area contributed by atoms with Gasteiger partial charge in [0.05, 0.1) is 13.2 Å². The molecule has 14 heavy (non-hydrogen) atoms. The highest BCUT2D eigenvalue weighted by molar-refractivity contribution is 5.27. The van der Waals surface area contributed by atoms with E-state index in [0.29, 0.717) is 11.8 Å². The molecule has 1 N–H and O–H groups in total. The Balaban J connectivity index is 2.11. The van der Waals surface area contributed by atoms with Crippen LogP contribution in [0, 0.1) is 5.92 Å². The van der Waals surface area contributed by atoms with Crippen molar-refractivity contribution in [1.82, 2.24) is 4.98 Å². The molecule has 1 fully saturated rings. The molecule has 0 bridgehead atoms. The van der Waals surface area contributed by atoms with Gasteiger partial charge in [-0.1, -0.05) is 12.8 Å². The molecule has 76 valence electrons. The minimum atomic E-state index is -0.425. The monoisotopic (exact) mass is 193 g/mol. The smallest absolute Gasteiger partial charge is 0.218 e. The summed E-state index contributed by atoms with van der Waals surface area (Å²) in [7, 11) is 1.58. The topological polar surface area (TPSA) is 42.4 Å². The number of ether oxygens (including phenoxy) is 1. The predicted octanol–water partition coefficient (Wildman–Crippen LogP) is 1.92. The molecule has 1 unspecified atom stereocenters. The fourth-order valence-corrected chi connectivity index (χ4v) is 1.62. The number of pyridine rings is 1. The molecule has 0 spiro atoms. The zero-order valence-electron chi connectivity index (χ0n) is 8.31. The summed E-state index contributed by atoms with van der Waals surface area (Å²) in [5.41, 5.74) is 0.807. The summed E-state index contributed by atoms with van der Waals surface area (Å²) >= 11 is 0. The Labute approximate surface area is 83.7 Å². The highest BCUT2D eigenvalue weighted by Crippen LogP contribution is 2.38.